The first-order valence-corrected chi connectivity index (χ1v) is 5.01. The van der Waals surface area contributed by atoms with Crippen LogP contribution in [0.25, 0.3) is 0 Å². The molecule has 0 radical (unpaired) electrons. The Morgan fingerprint density at radius 2 is 1.36 bits per heavy atom. The Labute approximate surface area is 90.9 Å². The molecule has 0 N–H and O–H groups in total. The number of hydrogen-bond donors (Lipinski definition) is 0. The van der Waals surface area contributed by atoms with E-state index in [1.165, 1.54) is 6.08 Å². The van der Waals surface area contributed by atoms with Gasteiger partial charge in [0.05, 0.1) is 5.92 Å². The molecule has 0 aromatic rings. The molecule has 2 unspecified atom stereocenters. The highest BCUT2D eigenvalue weighted by molar-refractivity contribution is 6.50. The van der Waals surface area contributed by atoms with Crippen molar-refractivity contribution in [2.45, 2.75) is 10.3 Å². The van der Waals surface area contributed by atoms with Crippen molar-refractivity contribution in [3.63, 3.8) is 0 Å². The van der Waals surface area contributed by atoms with E-state index in [9.17, 15) is 8.78 Å². The third-order valence-corrected chi connectivity index (χ3v) is 3.65. The van der Waals surface area contributed by atoms with Crippen LogP contribution in [-0.2, 0) is 0 Å². The number of fused-ring (bicyclic) bond motifs is 1. The number of rotatable bonds is 0. The summed E-state index contributed by atoms with van der Waals surface area (Å²) in [7, 11) is 0. The van der Waals surface area contributed by atoms with E-state index in [4.69, 9.17) is 23.2 Å². The van der Waals surface area contributed by atoms with Gasteiger partial charge in [-0.3, -0.25) is 0 Å². The van der Waals surface area contributed by atoms with Gasteiger partial charge < -0.3 is 0 Å². The Morgan fingerprint density at radius 1 is 0.857 bits per heavy atom. The second-order valence-corrected chi connectivity index (χ2v) is 4.84. The second kappa shape index (κ2) is 3.07. The summed E-state index contributed by atoms with van der Waals surface area (Å²) in [5.74, 6) is -4.45. The molecule has 0 bridgehead atoms. The molecule has 0 heterocycles. The van der Waals surface area contributed by atoms with Crippen molar-refractivity contribution >= 4 is 23.2 Å². The Morgan fingerprint density at radius 3 is 1.93 bits per heavy atom. The highest BCUT2D eigenvalue weighted by Gasteiger charge is 2.72. The standard InChI is InChI=1S/C10H8Cl2F2/c11-9(12)7-5-3-1-2-4-6-8(7)10(9,13)14/h1-8H/b2-1-,5-3-,6-4-. The summed E-state index contributed by atoms with van der Waals surface area (Å²) >= 11 is 11.2. The van der Waals surface area contributed by atoms with Gasteiger partial charge in [0.1, 0.15) is 0 Å². The molecule has 0 aliphatic heterocycles. The van der Waals surface area contributed by atoms with Crippen LogP contribution in [0.5, 0.6) is 0 Å². The third-order valence-electron chi connectivity index (χ3n) is 2.64. The first kappa shape index (κ1) is 10.2. The highest BCUT2D eigenvalue weighted by atomic mass is 35.5. The summed E-state index contributed by atoms with van der Waals surface area (Å²) in [6.07, 6.45) is 9.82. The van der Waals surface area contributed by atoms with E-state index in [-0.39, 0.29) is 0 Å². The third kappa shape index (κ3) is 1.17. The molecule has 2 atom stereocenters. The summed E-state index contributed by atoms with van der Waals surface area (Å²) in [6, 6.07) is 0. The van der Waals surface area contributed by atoms with Gasteiger partial charge in [0.2, 0.25) is 0 Å². The van der Waals surface area contributed by atoms with Gasteiger partial charge in [-0.15, -0.1) is 0 Å². The van der Waals surface area contributed by atoms with Gasteiger partial charge in [0, 0.05) is 5.92 Å². The lowest BCUT2D eigenvalue weighted by Crippen LogP contribution is -2.63. The zero-order valence-electron chi connectivity index (χ0n) is 7.13. The Bertz CT molecular complexity index is 297. The van der Waals surface area contributed by atoms with Crippen LogP contribution in [0.3, 0.4) is 0 Å². The van der Waals surface area contributed by atoms with Crippen molar-refractivity contribution in [2.24, 2.45) is 11.8 Å². The van der Waals surface area contributed by atoms with E-state index < -0.39 is 22.1 Å². The smallest absolute Gasteiger partial charge is 0.203 e. The maximum Gasteiger partial charge on any atom is 0.287 e. The average molecular weight is 237 g/mol. The summed E-state index contributed by atoms with van der Waals surface area (Å²) < 4.78 is 24.8. The zero-order valence-corrected chi connectivity index (χ0v) is 8.64. The van der Waals surface area contributed by atoms with E-state index in [0.29, 0.717) is 0 Å². The van der Waals surface area contributed by atoms with Crippen LogP contribution in [0.4, 0.5) is 8.78 Å². The Kier molecular flexibility index (Phi) is 2.24. The van der Waals surface area contributed by atoms with E-state index in [1.54, 1.807) is 30.4 Å². The molecule has 0 nitrogen and oxygen atoms in total. The fourth-order valence-corrected chi connectivity index (χ4v) is 2.45. The normalized spacial score (nSPS) is 43.7. The molecular weight excluding hydrogens is 229 g/mol. The van der Waals surface area contributed by atoms with Crippen LogP contribution in [0, 0.1) is 11.8 Å². The van der Waals surface area contributed by atoms with Crippen molar-refractivity contribution < 1.29 is 8.78 Å². The fourth-order valence-electron chi connectivity index (χ4n) is 1.78. The highest BCUT2D eigenvalue weighted by Crippen LogP contribution is 2.63. The minimum absolute atomic E-state index is 0.512. The van der Waals surface area contributed by atoms with Crippen molar-refractivity contribution in [1.82, 2.24) is 0 Å². The van der Waals surface area contributed by atoms with E-state index in [2.05, 4.69) is 0 Å². The minimum Gasteiger partial charge on any atom is -0.203 e. The zero-order chi connectivity index (χ0) is 10.4. The van der Waals surface area contributed by atoms with Crippen LogP contribution in [-0.4, -0.2) is 10.3 Å². The van der Waals surface area contributed by atoms with Crippen molar-refractivity contribution in [2.75, 3.05) is 0 Å². The maximum atomic E-state index is 13.4. The first-order valence-electron chi connectivity index (χ1n) is 4.25. The van der Waals surface area contributed by atoms with Crippen molar-refractivity contribution in [1.29, 1.82) is 0 Å². The van der Waals surface area contributed by atoms with Crippen LogP contribution in [0.15, 0.2) is 36.5 Å². The van der Waals surface area contributed by atoms with E-state index in [0.717, 1.165) is 0 Å². The summed E-state index contributed by atoms with van der Waals surface area (Å²) in [5.41, 5.74) is 0. The van der Waals surface area contributed by atoms with Crippen LogP contribution in [0.2, 0.25) is 0 Å². The molecule has 0 amide bonds. The van der Waals surface area contributed by atoms with Crippen LogP contribution in [0.1, 0.15) is 0 Å². The van der Waals surface area contributed by atoms with Gasteiger partial charge in [0.15, 0.2) is 4.33 Å². The minimum atomic E-state index is -3.05. The molecule has 76 valence electrons. The van der Waals surface area contributed by atoms with Gasteiger partial charge >= 0.3 is 0 Å². The molecule has 0 aromatic carbocycles. The van der Waals surface area contributed by atoms with E-state index in [1.807, 2.05) is 0 Å². The molecule has 2 aliphatic rings. The average Bonchev–Trinajstić information content (AvgIpc) is 2.01. The predicted octanol–water partition coefficient (Wildman–Crippen LogP) is 3.72. The molecule has 4 heteroatoms. The summed E-state index contributed by atoms with van der Waals surface area (Å²) in [4.78, 5) is 0. The lowest BCUT2D eigenvalue weighted by Gasteiger charge is -2.52. The molecule has 2 rings (SSSR count). The van der Waals surface area contributed by atoms with Gasteiger partial charge in [-0.1, -0.05) is 59.7 Å². The quantitative estimate of drug-likeness (QED) is 0.563. The van der Waals surface area contributed by atoms with Crippen LogP contribution >= 0.6 is 23.2 Å². The second-order valence-electron chi connectivity index (χ2n) is 3.45. The molecule has 2 aliphatic carbocycles. The summed E-state index contributed by atoms with van der Waals surface area (Å²) in [5, 5.41) is 0. The monoisotopic (exact) mass is 236 g/mol. The SMILES string of the molecule is FC1(F)C2\C=C/C=C\C=C/C2C1(Cl)Cl. The predicted molar refractivity (Wildman–Crippen MR) is 53.8 cm³/mol. The molecule has 1 fully saturated rings. The molecule has 0 aromatic heterocycles. The summed E-state index contributed by atoms with van der Waals surface area (Å²) in [6.45, 7) is 0. The van der Waals surface area contributed by atoms with Gasteiger partial charge in [-0.25, -0.2) is 8.78 Å². The van der Waals surface area contributed by atoms with E-state index >= 15 is 0 Å². The Balaban J connectivity index is 2.37. The lowest BCUT2D eigenvalue weighted by molar-refractivity contribution is -0.149. The number of alkyl halides is 4. The first-order chi connectivity index (χ1) is 6.48. The maximum absolute atomic E-state index is 13.4. The van der Waals surface area contributed by atoms with Crippen molar-refractivity contribution in [3.8, 4) is 0 Å². The number of hydrogen-bond acceptors (Lipinski definition) is 0. The van der Waals surface area contributed by atoms with Gasteiger partial charge in [-0.05, 0) is 0 Å². The Hall–Kier alpha value is -0.340. The molecule has 14 heavy (non-hydrogen) atoms. The largest absolute Gasteiger partial charge is 0.287 e. The fraction of sp³-hybridized carbons (Fsp3) is 0.400. The molecule has 0 saturated heterocycles. The van der Waals surface area contributed by atoms with Gasteiger partial charge in [-0.2, -0.15) is 0 Å². The van der Waals surface area contributed by atoms with Crippen LogP contribution < -0.4 is 0 Å². The lowest BCUT2D eigenvalue weighted by atomic mass is 9.68. The topological polar surface area (TPSA) is 0 Å². The molecule has 0 spiro atoms. The molecular formula is C10H8Cl2F2. The molecule has 1 saturated carbocycles. The number of allylic oxidation sites excluding steroid dienone is 6. The van der Waals surface area contributed by atoms with Gasteiger partial charge in [0.25, 0.3) is 5.92 Å². The number of halogens is 4. The van der Waals surface area contributed by atoms with Crippen molar-refractivity contribution in [3.05, 3.63) is 36.5 Å².